The minimum Gasteiger partial charge on any atom is -0.458 e. The predicted octanol–water partition coefficient (Wildman–Crippen LogP) is 6.18. The summed E-state index contributed by atoms with van der Waals surface area (Å²) in [5, 5.41) is 0. The Labute approximate surface area is 176 Å². The largest absolute Gasteiger partial charge is 0.458 e. The number of rotatable bonds is 3. The van der Waals surface area contributed by atoms with Gasteiger partial charge in [-0.3, -0.25) is 9.59 Å². The van der Waals surface area contributed by atoms with E-state index in [1.54, 1.807) is 5.57 Å². The van der Waals surface area contributed by atoms with Crippen LogP contribution in [0.2, 0.25) is 0 Å². The van der Waals surface area contributed by atoms with Gasteiger partial charge in [0.1, 0.15) is 5.60 Å². The molecule has 160 valence electrons. The van der Waals surface area contributed by atoms with Crippen molar-refractivity contribution in [2.45, 2.75) is 98.5 Å². The number of ketones is 1. The topological polar surface area (TPSA) is 43.4 Å². The van der Waals surface area contributed by atoms with Gasteiger partial charge in [0.15, 0.2) is 5.78 Å². The number of carbonyl (C=O) groups excluding carboxylic acids is 2. The summed E-state index contributed by atoms with van der Waals surface area (Å²) in [5.41, 5.74) is 2.16. The summed E-state index contributed by atoms with van der Waals surface area (Å²) in [5.74, 6) is 1.37. The molecule has 0 N–H and O–H groups in total. The molecule has 0 bridgehead atoms. The van der Waals surface area contributed by atoms with Crippen molar-refractivity contribution in [1.29, 1.82) is 0 Å². The fourth-order valence-electron chi connectivity index (χ4n) is 6.72. The maximum absolute atomic E-state index is 12.9. The highest BCUT2D eigenvalue weighted by Gasteiger charge is 2.62. The second-order valence-corrected chi connectivity index (χ2v) is 11.4. The molecule has 4 aliphatic carbocycles. The molecule has 0 spiro atoms. The number of fused-ring (bicyclic) bond motifs is 5. The van der Waals surface area contributed by atoms with E-state index in [0.29, 0.717) is 24.0 Å². The third-order valence-electron chi connectivity index (χ3n) is 9.62. The smallest absolute Gasteiger partial charge is 0.312 e. The molecule has 0 aromatic carbocycles. The van der Waals surface area contributed by atoms with Crippen molar-refractivity contribution in [3.05, 3.63) is 23.3 Å². The van der Waals surface area contributed by atoms with Crippen molar-refractivity contribution in [3.63, 3.8) is 0 Å². The first-order valence-electron chi connectivity index (χ1n) is 11.6. The summed E-state index contributed by atoms with van der Waals surface area (Å²) in [6.07, 6.45) is 12.1. The lowest BCUT2D eigenvalue weighted by Gasteiger charge is -2.55. The predicted molar refractivity (Wildman–Crippen MR) is 115 cm³/mol. The Hall–Kier alpha value is -1.38. The van der Waals surface area contributed by atoms with E-state index in [1.165, 1.54) is 5.57 Å². The normalized spacial score (nSPS) is 41.7. The van der Waals surface area contributed by atoms with E-state index < -0.39 is 11.0 Å². The molecule has 2 fully saturated rings. The molecular weight excluding hydrogens is 360 g/mol. The highest BCUT2D eigenvalue weighted by Crippen LogP contribution is 2.66. The molecule has 2 saturated carbocycles. The standard InChI is InChI=1S/C26H38O3/c1-7-23(2,3)22(28)29-26(6)15-12-21-19-9-8-17-16-18(27)10-13-24(17,4)20(19)11-14-25(21,26)5/h11,16,19,21H,7-10,12-15H2,1-6H3/t19?,21-,24-,25-,26?/m0/s1. The lowest BCUT2D eigenvalue weighted by Crippen LogP contribution is -2.52. The summed E-state index contributed by atoms with van der Waals surface area (Å²) in [6, 6.07) is 0. The van der Waals surface area contributed by atoms with Crippen molar-refractivity contribution < 1.29 is 14.3 Å². The van der Waals surface area contributed by atoms with Crippen LogP contribution in [0, 0.1) is 28.1 Å². The average molecular weight is 399 g/mol. The van der Waals surface area contributed by atoms with Gasteiger partial charge >= 0.3 is 5.97 Å². The Morgan fingerprint density at radius 1 is 1.17 bits per heavy atom. The highest BCUT2D eigenvalue weighted by molar-refractivity contribution is 5.92. The summed E-state index contributed by atoms with van der Waals surface area (Å²) in [6.45, 7) is 13.0. The number of allylic oxidation sites excluding steroid dienone is 4. The highest BCUT2D eigenvalue weighted by atomic mass is 16.6. The van der Waals surface area contributed by atoms with E-state index in [2.05, 4.69) is 33.8 Å². The molecule has 0 radical (unpaired) electrons. The fourth-order valence-corrected chi connectivity index (χ4v) is 6.72. The lowest BCUT2D eigenvalue weighted by molar-refractivity contribution is -0.183. The van der Waals surface area contributed by atoms with E-state index in [-0.39, 0.29) is 16.8 Å². The summed E-state index contributed by atoms with van der Waals surface area (Å²) in [4.78, 5) is 25.0. The Morgan fingerprint density at radius 3 is 2.59 bits per heavy atom. The number of hydrogen-bond acceptors (Lipinski definition) is 3. The first-order valence-corrected chi connectivity index (χ1v) is 11.6. The molecule has 2 unspecified atom stereocenters. The Morgan fingerprint density at radius 2 is 1.90 bits per heavy atom. The second kappa shape index (κ2) is 6.56. The third-order valence-corrected chi connectivity index (χ3v) is 9.62. The van der Waals surface area contributed by atoms with E-state index >= 15 is 0 Å². The van der Waals surface area contributed by atoms with Crippen LogP contribution in [0.15, 0.2) is 23.3 Å². The van der Waals surface area contributed by atoms with Crippen LogP contribution in [0.5, 0.6) is 0 Å². The minimum absolute atomic E-state index is 0.0112. The molecule has 3 heteroatoms. The van der Waals surface area contributed by atoms with Gasteiger partial charge in [-0.2, -0.15) is 0 Å². The first-order chi connectivity index (χ1) is 13.5. The molecule has 0 heterocycles. The summed E-state index contributed by atoms with van der Waals surface area (Å²) in [7, 11) is 0. The second-order valence-electron chi connectivity index (χ2n) is 11.4. The van der Waals surface area contributed by atoms with Gasteiger partial charge in [-0.15, -0.1) is 0 Å². The Kier molecular flexibility index (Phi) is 4.72. The van der Waals surface area contributed by atoms with Crippen LogP contribution in [0.1, 0.15) is 92.9 Å². The molecule has 0 saturated heterocycles. The first kappa shape index (κ1) is 20.9. The Bertz CT molecular complexity index is 803. The van der Waals surface area contributed by atoms with Crippen LogP contribution in [0.3, 0.4) is 0 Å². The van der Waals surface area contributed by atoms with Gasteiger partial charge in [0.05, 0.1) is 5.41 Å². The molecule has 0 aromatic rings. The fraction of sp³-hybridized carbons (Fsp3) is 0.769. The van der Waals surface area contributed by atoms with Crippen molar-refractivity contribution in [2.75, 3.05) is 0 Å². The van der Waals surface area contributed by atoms with Crippen LogP contribution in [-0.4, -0.2) is 17.4 Å². The monoisotopic (exact) mass is 398 g/mol. The van der Waals surface area contributed by atoms with Gasteiger partial charge in [-0.1, -0.05) is 38.0 Å². The molecule has 29 heavy (non-hydrogen) atoms. The van der Waals surface area contributed by atoms with E-state index in [4.69, 9.17) is 4.74 Å². The number of ether oxygens (including phenoxy) is 1. The third kappa shape index (κ3) is 2.90. The molecule has 0 aromatic heterocycles. The van der Waals surface area contributed by atoms with Crippen molar-refractivity contribution in [3.8, 4) is 0 Å². The van der Waals surface area contributed by atoms with E-state index in [9.17, 15) is 9.59 Å². The van der Waals surface area contributed by atoms with Crippen LogP contribution in [-0.2, 0) is 14.3 Å². The van der Waals surface area contributed by atoms with Crippen LogP contribution >= 0.6 is 0 Å². The van der Waals surface area contributed by atoms with Crippen molar-refractivity contribution in [2.24, 2.45) is 28.1 Å². The van der Waals surface area contributed by atoms with Gasteiger partial charge in [0.25, 0.3) is 0 Å². The SMILES string of the molecule is CCC(C)(C)C(=O)OC1(C)CC[C@H]2C3CCC4=CC(=O)CC[C@]4(C)C3=CC[C@@]21C. The average Bonchev–Trinajstić information content (AvgIpc) is 2.93. The van der Waals surface area contributed by atoms with Crippen LogP contribution in [0.25, 0.3) is 0 Å². The molecule has 0 aliphatic heterocycles. The number of carbonyl (C=O) groups is 2. The van der Waals surface area contributed by atoms with E-state index in [1.807, 2.05) is 19.9 Å². The van der Waals surface area contributed by atoms with Gasteiger partial charge in [-0.05, 0) is 83.6 Å². The zero-order chi connectivity index (χ0) is 21.2. The molecule has 4 rings (SSSR count). The quantitative estimate of drug-likeness (QED) is 0.421. The van der Waals surface area contributed by atoms with Crippen LogP contribution in [0.4, 0.5) is 0 Å². The van der Waals surface area contributed by atoms with Gasteiger partial charge in [-0.25, -0.2) is 0 Å². The number of hydrogen-bond donors (Lipinski definition) is 0. The van der Waals surface area contributed by atoms with E-state index in [0.717, 1.165) is 44.9 Å². The maximum atomic E-state index is 12.9. The lowest BCUT2D eigenvalue weighted by atomic mass is 9.51. The number of esters is 1. The Balaban J connectivity index is 1.66. The van der Waals surface area contributed by atoms with Crippen molar-refractivity contribution >= 4 is 11.8 Å². The molecule has 4 aliphatic rings. The molecule has 3 nitrogen and oxygen atoms in total. The zero-order valence-corrected chi connectivity index (χ0v) is 19.2. The molecule has 5 atom stereocenters. The van der Waals surface area contributed by atoms with Gasteiger partial charge in [0.2, 0.25) is 0 Å². The molecular formula is C26H38O3. The minimum atomic E-state index is -0.431. The zero-order valence-electron chi connectivity index (χ0n) is 19.2. The maximum Gasteiger partial charge on any atom is 0.312 e. The van der Waals surface area contributed by atoms with Crippen molar-refractivity contribution in [1.82, 2.24) is 0 Å². The van der Waals surface area contributed by atoms with Crippen LogP contribution < -0.4 is 0 Å². The van der Waals surface area contributed by atoms with Gasteiger partial charge in [0, 0.05) is 17.3 Å². The molecule has 0 amide bonds. The van der Waals surface area contributed by atoms with Gasteiger partial charge < -0.3 is 4.74 Å². The summed E-state index contributed by atoms with van der Waals surface area (Å²) < 4.78 is 6.33. The summed E-state index contributed by atoms with van der Waals surface area (Å²) >= 11 is 0.